The Morgan fingerprint density at radius 2 is 1.78 bits per heavy atom. The van der Waals surface area contributed by atoms with Crippen molar-refractivity contribution >= 4 is 39.7 Å². The summed E-state index contributed by atoms with van der Waals surface area (Å²) in [6.45, 7) is 5.04. The van der Waals surface area contributed by atoms with Crippen molar-refractivity contribution in [1.29, 1.82) is 0 Å². The second-order valence-corrected chi connectivity index (χ2v) is 12.6. The van der Waals surface area contributed by atoms with E-state index < -0.39 is 16.6 Å². The van der Waals surface area contributed by atoms with Crippen LogP contribution in [0.25, 0.3) is 0 Å². The fourth-order valence-electron chi connectivity index (χ4n) is 5.05. The van der Waals surface area contributed by atoms with Crippen LogP contribution < -0.4 is 10.2 Å². The van der Waals surface area contributed by atoms with E-state index in [1.807, 2.05) is 18.4 Å². The fourth-order valence-corrected chi connectivity index (χ4v) is 7.90. The lowest BCUT2D eigenvalue weighted by Crippen LogP contribution is -2.37. The van der Waals surface area contributed by atoms with Crippen LogP contribution in [0.2, 0.25) is 0 Å². The molecular formula is C27H39FN2O4S2. The molecular weight excluding hydrogens is 499 g/mol. The molecule has 2 aromatic rings. The van der Waals surface area contributed by atoms with Crippen molar-refractivity contribution in [1.82, 2.24) is 5.32 Å². The summed E-state index contributed by atoms with van der Waals surface area (Å²) in [7, 11) is -3.15. The minimum absolute atomic E-state index is 0.181. The van der Waals surface area contributed by atoms with Gasteiger partial charge < -0.3 is 15.3 Å². The Balaban J connectivity index is 2.18. The maximum atomic E-state index is 13.8. The predicted molar refractivity (Wildman–Crippen MR) is 148 cm³/mol. The Kier molecular flexibility index (Phi) is 10.1. The van der Waals surface area contributed by atoms with Gasteiger partial charge in [0.1, 0.15) is 5.82 Å². The molecule has 6 nitrogen and oxygen atoms in total. The highest BCUT2D eigenvalue weighted by atomic mass is 32.3. The highest BCUT2D eigenvalue weighted by molar-refractivity contribution is 8.24. The van der Waals surface area contributed by atoms with Crippen LogP contribution in [-0.2, 0) is 11.3 Å². The number of rotatable bonds is 12. The lowest BCUT2D eigenvalue weighted by Gasteiger charge is -2.42. The molecule has 1 heterocycles. The van der Waals surface area contributed by atoms with Crippen molar-refractivity contribution in [2.45, 2.75) is 68.7 Å². The number of unbranched alkanes of at least 4 members (excludes halogenated alkanes) is 2. The number of hydrogen-bond acceptors (Lipinski definition) is 6. The minimum atomic E-state index is -3.15. The van der Waals surface area contributed by atoms with Crippen molar-refractivity contribution in [2.24, 2.45) is 5.41 Å². The number of carbonyl (C=O) groups is 1. The zero-order valence-electron chi connectivity index (χ0n) is 21.4. The minimum Gasteiger partial charge on any atom is -0.480 e. The molecule has 0 saturated heterocycles. The number of thioether (sulfide) groups is 1. The molecule has 0 amide bonds. The summed E-state index contributed by atoms with van der Waals surface area (Å²) in [6, 6.07) is 10.2. The quantitative estimate of drug-likeness (QED) is 0.210. The smallest absolute Gasteiger partial charge is 0.317 e. The predicted octanol–water partition coefficient (Wildman–Crippen LogP) is 7.35. The number of aliphatic carboxylic acids is 1. The molecule has 3 rings (SSSR count). The highest BCUT2D eigenvalue weighted by Gasteiger charge is 2.42. The summed E-state index contributed by atoms with van der Waals surface area (Å²) in [5.41, 5.74) is 2.06. The number of carboxylic acids is 1. The summed E-state index contributed by atoms with van der Waals surface area (Å²) in [4.78, 5) is 14.6. The number of anilines is 2. The molecule has 1 aliphatic rings. The molecule has 0 spiro atoms. The number of fused-ring (bicyclic) bond motifs is 1. The van der Waals surface area contributed by atoms with E-state index in [0.717, 1.165) is 60.4 Å². The molecule has 200 valence electrons. The molecule has 0 unspecified atom stereocenters. The second kappa shape index (κ2) is 12.6. The molecule has 0 aromatic heterocycles. The SMILES string of the molecule is CCCCC1(CCCC)CN(c2ccc(F)cc2)c2cc(SC)c(CNCC(=O)O)cc2S(O)(O)C1. The summed E-state index contributed by atoms with van der Waals surface area (Å²) >= 11 is 1.53. The number of carboxylic acid groups (broad SMARTS) is 1. The van der Waals surface area contributed by atoms with Crippen molar-refractivity contribution in [3.8, 4) is 0 Å². The first-order valence-corrected chi connectivity index (χ1v) is 15.5. The first kappa shape index (κ1) is 28.8. The Labute approximate surface area is 220 Å². The molecule has 9 heteroatoms. The average molecular weight is 539 g/mol. The van der Waals surface area contributed by atoms with E-state index in [1.165, 1.54) is 23.9 Å². The van der Waals surface area contributed by atoms with Gasteiger partial charge in [-0.2, -0.15) is 10.6 Å². The number of halogens is 1. The van der Waals surface area contributed by atoms with E-state index in [4.69, 9.17) is 5.11 Å². The van der Waals surface area contributed by atoms with E-state index in [1.54, 1.807) is 12.1 Å². The van der Waals surface area contributed by atoms with Gasteiger partial charge in [-0.25, -0.2) is 4.39 Å². The van der Waals surface area contributed by atoms with Gasteiger partial charge in [0.15, 0.2) is 0 Å². The number of hydrogen-bond donors (Lipinski definition) is 4. The first-order valence-electron chi connectivity index (χ1n) is 12.6. The first-order chi connectivity index (χ1) is 17.1. The zero-order chi connectivity index (χ0) is 26.3. The van der Waals surface area contributed by atoms with Crippen LogP contribution in [0, 0.1) is 11.2 Å². The lowest BCUT2D eigenvalue weighted by atomic mass is 9.79. The maximum Gasteiger partial charge on any atom is 0.317 e. The van der Waals surface area contributed by atoms with Crippen molar-refractivity contribution in [2.75, 3.05) is 30.0 Å². The van der Waals surface area contributed by atoms with Crippen molar-refractivity contribution < 1.29 is 23.4 Å². The zero-order valence-corrected chi connectivity index (χ0v) is 23.1. The van der Waals surface area contributed by atoms with Gasteiger partial charge in [-0.05, 0) is 61.1 Å². The van der Waals surface area contributed by atoms with Crippen molar-refractivity contribution in [3.05, 3.63) is 47.8 Å². The van der Waals surface area contributed by atoms with E-state index >= 15 is 0 Å². The maximum absolute atomic E-state index is 13.8. The molecule has 36 heavy (non-hydrogen) atoms. The Hall–Kier alpha value is -1.78. The third-order valence-corrected chi connectivity index (χ3v) is 9.72. The van der Waals surface area contributed by atoms with Crippen LogP contribution >= 0.6 is 22.4 Å². The number of nitrogens with zero attached hydrogens (tertiary/aromatic N) is 1. The van der Waals surface area contributed by atoms with Crippen LogP contribution in [0.4, 0.5) is 15.8 Å². The standard InChI is InChI=1S/C27H39FN2O4S2/c1-4-6-12-27(13-7-5-2)18-30(22-10-8-21(28)9-11-22)23-15-24(35-3)20(16-29-17-26(31)32)14-25(23)36(33,34)19-27/h8-11,14-15,29,33-34H,4-7,12-13,16-19H2,1-3H3,(H,31,32). The molecule has 0 saturated carbocycles. The van der Waals surface area contributed by atoms with E-state index in [2.05, 4.69) is 24.1 Å². The fraction of sp³-hybridized carbons (Fsp3) is 0.519. The molecule has 0 atom stereocenters. The van der Waals surface area contributed by atoms with Gasteiger partial charge in [0, 0.05) is 34.8 Å². The Bertz CT molecular complexity index is 1030. The van der Waals surface area contributed by atoms with Crippen molar-refractivity contribution in [3.63, 3.8) is 0 Å². The summed E-state index contributed by atoms with van der Waals surface area (Å²) < 4.78 is 37.2. The third-order valence-electron chi connectivity index (χ3n) is 6.86. The van der Waals surface area contributed by atoms with Crippen LogP contribution in [0.3, 0.4) is 0 Å². The van der Waals surface area contributed by atoms with E-state index in [0.29, 0.717) is 18.0 Å². The molecule has 0 bridgehead atoms. The van der Waals surface area contributed by atoms with Gasteiger partial charge in [-0.1, -0.05) is 39.5 Å². The highest BCUT2D eigenvalue weighted by Crippen LogP contribution is 2.61. The molecule has 0 aliphatic carbocycles. The monoisotopic (exact) mass is 538 g/mol. The van der Waals surface area contributed by atoms with Gasteiger partial charge in [-0.3, -0.25) is 13.9 Å². The number of nitrogens with one attached hydrogen (secondary N) is 1. The van der Waals surface area contributed by atoms with Crippen LogP contribution in [0.1, 0.15) is 57.9 Å². The molecule has 0 radical (unpaired) electrons. The van der Waals surface area contributed by atoms with E-state index in [-0.39, 0.29) is 23.5 Å². The molecule has 2 aromatic carbocycles. The summed E-state index contributed by atoms with van der Waals surface area (Å²) in [6.07, 6.45) is 7.74. The number of benzene rings is 2. The van der Waals surface area contributed by atoms with Gasteiger partial charge in [0.25, 0.3) is 0 Å². The van der Waals surface area contributed by atoms with Crippen LogP contribution in [0.15, 0.2) is 46.2 Å². The van der Waals surface area contributed by atoms with E-state index in [9.17, 15) is 18.3 Å². The normalized spacial score (nSPS) is 17.3. The molecule has 0 fully saturated rings. The summed E-state index contributed by atoms with van der Waals surface area (Å²) in [5, 5.41) is 12.0. The molecule has 4 N–H and O–H groups in total. The largest absolute Gasteiger partial charge is 0.480 e. The van der Waals surface area contributed by atoms with Gasteiger partial charge >= 0.3 is 5.97 Å². The van der Waals surface area contributed by atoms with Gasteiger partial charge in [0.2, 0.25) is 0 Å². The average Bonchev–Trinajstić information content (AvgIpc) is 2.93. The van der Waals surface area contributed by atoms with Crippen LogP contribution in [0.5, 0.6) is 0 Å². The van der Waals surface area contributed by atoms with Crippen LogP contribution in [-0.4, -0.2) is 45.3 Å². The Morgan fingerprint density at radius 1 is 1.14 bits per heavy atom. The topological polar surface area (TPSA) is 93.0 Å². The van der Waals surface area contributed by atoms with Gasteiger partial charge in [0.05, 0.1) is 17.1 Å². The lowest BCUT2D eigenvalue weighted by molar-refractivity contribution is -0.136. The summed E-state index contributed by atoms with van der Waals surface area (Å²) in [5.74, 6) is -0.976. The Morgan fingerprint density at radius 3 is 2.33 bits per heavy atom. The van der Waals surface area contributed by atoms with Gasteiger partial charge in [-0.15, -0.1) is 11.8 Å². The second-order valence-electron chi connectivity index (χ2n) is 9.71. The molecule has 1 aliphatic heterocycles. The third kappa shape index (κ3) is 6.95.